The molecule has 1 saturated heterocycles. The quantitative estimate of drug-likeness (QED) is 0.787. The molecule has 6 heteroatoms. The van der Waals surface area contributed by atoms with Gasteiger partial charge >= 0.3 is 5.97 Å². The molecule has 0 radical (unpaired) electrons. The van der Waals surface area contributed by atoms with E-state index in [1.165, 1.54) is 18.4 Å². The molecule has 0 aliphatic carbocycles. The van der Waals surface area contributed by atoms with Crippen molar-refractivity contribution in [3.63, 3.8) is 0 Å². The maximum atomic E-state index is 11.4. The summed E-state index contributed by atoms with van der Waals surface area (Å²) in [6.45, 7) is 9.71. The molecular formula is C13H21N3O2S. The van der Waals surface area contributed by atoms with Crippen molar-refractivity contribution >= 4 is 22.4 Å². The Labute approximate surface area is 118 Å². The minimum Gasteiger partial charge on any atom is -0.464 e. The summed E-state index contributed by atoms with van der Waals surface area (Å²) in [7, 11) is 1.38. The van der Waals surface area contributed by atoms with Crippen LogP contribution in [0, 0.1) is 5.92 Å². The molecule has 0 bridgehead atoms. The lowest BCUT2D eigenvalue weighted by Gasteiger charge is -2.35. The summed E-state index contributed by atoms with van der Waals surface area (Å²) in [5.74, 6) is 0.346. The third kappa shape index (κ3) is 3.67. The van der Waals surface area contributed by atoms with E-state index in [0.717, 1.165) is 37.9 Å². The number of rotatable bonds is 4. The Morgan fingerprint density at radius 3 is 2.68 bits per heavy atom. The fourth-order valence-electron chi connectivity index (χ4n) is 2.25. The summed E-state index contributed by atoms with van der Waals surface area (Å²) >= 11 is 1.51. The Kier molecular flexibility index (Phi) is 4.76. The summed E-state index contributed by atoms with van der Waals surface area (Å²) < 4.78 is 4.68. The monoisotopic (exact) mass is 283 g/mol. The van der Waals surface area contributed by atoms with E-state index in [1.54, 1.807) is 5.38 Å². The van der Waals surface area contributed by atoms with Crippen molar-refractivity contribution in [1.29, 1.82) is 0 Å². The zero-order chi connectivity index (χ0) is 13.8. The van der Waals surface area contributed by atoms with Gasteiger partial charge in [-0.05, 0) is 5.92 Å². The second-order valence-electron chi connectivity index (χ2n) is 5.19. The van der Waals surface area contributed by atoms with Gasteiger partial charge in [0.1, 0.15) is 0 Å². The first-order chi connectivity index (χ1) is 9.10. The number of ether oxygens (including phenoxy) is 1. The summed E-state index contributed by atoms with van der Waals surface area (Å²) in [6.07, 6.45) is 0. The van der Waals surface area contributed by atoms with Gasteiger partial charge in [0.2, 0.25) is 0 Å². The predicted molar refractivity (Wildman–Crippen MR) is 76.9 cm³/mol. The minimum atomic E-state index is -0.360. The molecule has 0 atom stereocenters. The molecule has 19 heavy (non-hydrogen) atoms. The molecule has 2 rings (SSSR count). The van der Waals surface area contributed by atoms with E-state index in [0.29, 0.717) is 11.6 Å². The number of carbonyl (C=O) groups excluding carboxylic acids is 1. The van der Waals surface area contributed by atoms with Crippen molar-refractivity contribution in [2.24, 2.45) is 5.92 Å². The molecule has 0 N–H and O–H groups in total. The van der Waals surface area contributed by atoms with Crippen LogP contribution in [-0.2, 0) is 4.74 Å². The Bertz CT molecular complexity index is 425. The average molecular weight is 283 g/mol. The molecular weight excluding hydrogens is 262 g/mol. The van der Waals surface area contributed by atoms with Crippen LogP contribution in [0.2, 0.25) is 0 Å². The number of hydrogen-bond acceptors (Lipinski definition) is 6. The third-order valence-corrected chi connectivity index (χ3v) is 4.05. The first-order valence-electron chi connectivity index (χ1n) is 6.61. The van der Waals surface area contributed by atoms with Gasteiger partial charge in [0.05, 0.1) is 7.11 Å². The van der Waals surface area contributed by atoms with Crippen molar-refractivity contribution < 1.29 is 9.53 Å². The van der Waals surface area contributed by atoms with Gasteiger partial charge in [-0.3, -0.25) is 4.90 Å². The topological polar surface area (TPSA) is 45.7 Å². The maximum absolute atomic E-state index is 11.4. The smallest absolute Gasteiger partial charge is 0.357 e. The van der Waals surface area contributed by atoms with Crippen LogP contribution >= 0.6 is 11.3 Å². The van der Waals surface area contributed by atoms with Gasteiger partial charge < -0.3 is 9.64 Å². The van der Waals surface area contributed by atoms with Gasteiger partial charge in [0.25, 0.3) is 0 Å². The van der Waals surface area contributed by atoms with Crippen LogP contribution in [0.3, 0.4) is 0 Å². The van der Waals surface area contributed by atoms with E-state index in [9.17, 15) is 4.79 Å². The molecule has 0 unspecified atom stereocenters. The Morgan fingerprint density at radius 2 is 2.11 bits per heavy atom. The second-order valence-corrected chi connectivity index (χ2v) is 6.02. The van der Waals surface area contributed by atoms with Crippen molar-refractivity contribution in [3.8, 4) is 0 Å². The number of piperazine rings is 1. The molecule has 0 spiro atoms. The fraction of sp³-hybridized carbons (Fsp3) is 0.692. The molecule has 1 fully saturated rings. The maximum Gasteiger partial charge on any atom is 0.357 e. The molecule has 0 aromatic carbocycles. The SMILES string of the molecule is COC(=O)c1csc(N2CCN(CC(C)C)CC2)n1. The highest BCUT2D eigenvalue weighted by molar-refractivity contribution is 7.13. The number of anilines is 1. The largest absolute Gasteiger partial charge is 0.464 e. The predicted octanol–water partition coefficient (Wildman–Crippen LogP) is 1.71. The highest BCUT2D eigenvalue weighted by Gasteiger charge is 2.21. The number of nitrogens with zero attached hydrogens (tertiary/aromatic N) is 3. The van der Waals surface area contributed by atoms with Crippen LogP contribution in [0.4, 0.5) is 5.13 Å². The highest BCUT2D eigenvalue weighted by Crippen LogP contribution is 2.22. The van der Waals surface area contributed by atoms with Crippen molar-refractivity contribution in [1.82, 2.24) is 9.88 Å². The summed E-state index contributed by atoms with van der Waals surface area (Å²) in [4.78, 5) is 20.4. The van der Waals surface area contributed by atoms with Gasteiger partial charge in [-0.25, -0.2) is 9.78 Å². The molecule has 2 heterocycles. The van der Waals surface area contributed by atoms with Crippen LogP contribution in [0.25, 0.3) is 0 Å². The molecule has 1 aromatic heterocycles. The zero-order valence-corrected chi connectivity index (χ0v) is 12.6. The second kappa shape index (κ2) is 6.34. The van der Waals surface area contributed by atoms with Gasteiger partial charge in [-0.15, -0.1) is 11.3 Å². The molecule has 1 aromatic rings. The zero-order valence-electron chi connectivity index (χ0n) is 11.8. The number of thiazole rings is 1. The molecule has 1 aliphatic rings. The molecule has 0 amide bonds. The van der Waals surface area contributed by atoms with Crippen LogP contribution < -0.4 is 4.90 Å². The molecule has 0 saturated carbocycles. The van der Waals surface area contributed by atoms with E-state index in [1.807, 2.05) is 0 Å². The number of esters is 1. The van der Waals surface area contributed by atoms with Crippen molar-refractivity contribution in [2.75, 3.05) is 44.7 Å². The lowest BCUT2D eigenvalue weighted by Crippen LogP contribution is -2.47. The Morgan fingerprint density at radius 1 is 1.42 bits per heavy atom. The first kappa shape index (κ1) is 14.3. The molecule has 5 nitrogen and oxygen atoms in total. The van der Waals surface area contributed by atoms with Gasteiger partial charge in [0, 0.05) is 38.1 Å². The highest BCUT2D eigenvalue weighted by atomic mass is 32.1. The van der Waals surface area contributed by atoms with Crippen molar-refractivity contribution in [2.45, 2.75) is 13.8 Å². The van der Waals surface area contributed by atoms with Crippen LogP contribution in [-0.4, -0.2) is 55.7 Å². The van der Waals surface area contributed by atoms with Crippen LogP contribution in [0.15, 0.2) is 5.38 Å². The van der Waals surface area contributed by atoms with Crippen LogP contribution in [0.5, 0.6) is 0 Å². The summed E-state index contributed by atoms with van der Waals surface area (Å²) in [5, 5.41) is 2.69. The minimum absolute atomic E-state index is 0.360. The number of aromatic nitrogens is 1. The van der Waals surface area contributed by atoms with Gasteiger partial charge in [-0.1, -0.05) is 13.8 Å². The summed E-state index contributed by atoms with van der Waals surface area (Å²) in [5.41, 5.74) is 0.409. The fourth-order valence-corrected chi connectivity index (χ4v) is 3.09. The lowest BCUT2D eigenvalue weighted by atomic mass is 10.2. The summed E-state index contributed by atoms with van der Waals surface area (Å²) in [6, 6.07) is 0. The van der Waals surface area contributed by atoms with Gasteiger partial charge in [0.15, 0.2) is 10.8 Å². The van der Waals surface area contributed by atoms with E-state index >= 15 is 0 Å². The number of methoxy groups -OCH3 is 1. The lowest BCUT2D eigenvalue weighted by molar-refractivity contribution is 0.0595. The first-order valence-corrected chi connectivity index (χ1v) is 7.49. The standard InChI is InChI=1S/C13H21N3O2S/c1-10(2)8-15-4-6-16(7-5-15)13-14-11(9-19-13)12(17)18-3/h9-10H,4-8H2,1-3H3. The Balaban J connectivity index is 1.91. The normalized spacial score (nSPS) is 16.9. The molecule has 106 valence electrons. The Hall–Kier alpha value is -1.14. The average Bonchev–Trinajstić information content (AvgIpc) is 2.87. The van der Waals surface area contributed by atoms with E-state index in [-0.39, 0.29) is 5.97 Å². The third-order valence-electron chi connectivity index (χ3n) is 3.15. The van der Waals surface area contributed by atoms with E-state index in [2.05, 4.69) is 33.4 Å². The number of carbonyl (C=O) groups is 1. The van der Waals surface area contributed by atoms with Crippen LogP contribution in [0.1, 0.15) is 24.3 Å². The number of hydrogen-bond donors (Lipinski definition) is 0. The van der Waals surface area contributed by atoms with E-state index in [4.69, 9.17) is 0 Å². The van der Waals surface area contributed by atoms with Crippen molar-refractivity contribution in [3.05, 3.63) is 11.1 Å². The van der Waals surface area contributed by atoms with E-state index < -0.39 is 0 Å². The molecule has 1 aliphatic heterocycles. The van der Waals surface area contributed by atoms with Gasteiger partial charge in [-0.2, -0.15) is 0 Å².